The number of amides is 1. The first-order valence-electron chi connectivity index (χ1n) is 8.19. The van der Waals surface area contributed by atoms with Gasteiger partial charge in [0.05, 0.1) is 6.54 Å². The highest BCUT2D eigenvalue weighted by Gasteiger charge is 2.20. The Labute approximate surface area is 142 Å². The summed E-state index contributed by atoms with van der Waals surface area (Å²) in [5.74, 6) is 0.617. The van der Waals surface area contributed by atoms with Gasteiger partial charge in [-0.2, -0.15) is 0 Å². The van der Waals surface area contributed by atoms with Gasteiger partial charge in [-0.1, -0.05) is 42.5 Å². The first-order valence-corrected chi connectivity index (χ1v) is 8.19. The van der Waals surface area contributed by atoms with Crippen molar-refractivity contribution < 1.29 is 4.79 Å². The molecule has 2 aromatic carbocycles. The van der Waals surface area contributed by atoms with Crippen LogP contribution >= 0.6 is 0 Å². The topological polar surface area (TPSA) is 70.7 Å². The van der Waals surface area contributed by atoms with E-state index in [2.05, 4.69) is 16.4 Å². The van der Waals surface area contributed by atoms with E-state index in [1.54, 1.807) is 0 Å². The summed E-state index contributed by atoms with van der Waals surface area (Å²) in [4.78, 5) is 18.2. The predicted octanol–water partition coefficient (Wildman–Crippen LogP) is 2.74. The lowest BCUT2D eigenvalue weighted by Gasteiger charge is -2.17. The molecule has 0 unspecified atom stereocenters. The Hall–Kier alpha value is -2.82. The summed E-state index contributed by atoms with van der Waals surface area (Å²) in [7, 11) is 0. The molecule has 2 aromatic rings. The molecule has 24 heavy (non-hydrogen) atoms. The minimum absolute atomic E-state index is 0.235. The van der Waals surface area contributed by atoms with Crippen molar-refractivity contribution in [3.63, 3.8) is 0 Å². The second-order valence-corrected chi connectivity index (χ2v) is 5.88. The van der Waals surface area contributed by atoms with Gasteiger partial charge in [0, 0.05) is 25.2 Å². The molecule has 0 aliphatic carbocycles. The van der Waals surface area contributed by atoms with E-state index in [4.69, 9.17) is 5.73 Å². The zero-order chi connectivity index (χ0) is 16.8. The molecular formula is C19H22N4O. The molecule has 1 fully saturated rings. The van der Waals surface area contributed by atoms with Crippen LogP contribution in [-0.2, 0) is 17.9 Å². The van der Waals surface area contributed by atoms with Crippen molar-refractivity contribution in [2.45, 2.75) is 25.9 Å². The molecule has 0 bridgehead atoms. The summed E-state index contributed by atoms with van der Waals surface area (Å²) in [5.41, 5.74) is 9.10. The number of para-hydroxylation sites is 1. The SMILES string of the molecule is NC(=NCc1ccccc1CN1CCCC1=O)Nc1ccccc1. The highest BCUT2D eigenvalue weighted by atomic mass is 16.2. The number of rotatable bonds is 5. The van der Waals surface area contributed by atoms with Gasteiger partial charge < -0.3 is 16.0 Å². The molecular weight excluding hydrogens is 300 g/mol. The molecule has 3 N–H and O–H groups in total. The Morgan fingerprint density at radius 2 is 1.79 bits per heavy atom. The van der Waals surface area contributed by atoms with Gasteiger partial charge in [-0.15, -0.1) is 0 Å². The number of nitrogens with two attached hydrogens (primary N) is 1. The zero-order valence-corrected chi connectivity index (χ0v) is 13.6. The summed E-state index contributed by atoms with van der Waals surface area (Å²) in [6, 6.07) is 17.8. The lowest BCUT2D eigenvalue weighted by molar-refractivity contribution is -0.128. The molecule has 1 amide bonds. The first-order chi connectivity index (χ1) is 11.7. The second kappa shape index (κ2) is 7.64. The lowest BCUT2D eigenvalue weighted by Crippen LogP contribution is -2.25. The molecule has 124 valence electrons. The maximum Gasteiger partial charge on any atom is 0.222 e. The molecule has 0 saturated carbocycles. The second-order valence-electron chi connectivity index (χ2n) is 5.88. The number of nitrogens with zero attached hydrogens (tertiary/aromatic N) is 2. The van der Waals surface area contributed by atoms with Crippen LogP contribution in [-0.4, -0.2) is 23.3 Å². The zero-order valence-electron chi connectivity index (χ0n) is 13.6. The molecule has 0 atom stereocenters. The van der Waals surface area contributed by atoms with E-state index >= 15 is 0 Å². The number of nitrogens with one attached hydrogen (secondary N) is 1. The van der Waals surface area contributed by atoms with E-state index in [0.717, 1.165) is 29.8 Å². The van der Waals surface area contributed by atoms with Crippen molar-refractivity contribution in [3.05, 3.63) is 65.7 Å². The van der Waals surface area contributed by atoms with E-state index in [1.807, 2.05) is 53.4 Å². The van der Waals surface area contributed by atoms with Crippen molar-refractivity contribution in [1.82, 2.24) is 4.90 Å². The molecule has 1 aliphatic heterocycles. The van der Waals surface area contributed by atoms with Gasteiger partial charge in [0.15, 0.2) is 5.96 Å². The summed E-state index contributed by atoms with van der Waals surface area (Å²) >= 11 is 0. The predicted molar refractivity (Wildman–Crippen MR) is 96.5 cm³/mol. The third kappa shape index (κ3) is 4.13. The summed E-state index contributed by atoms with van der Waals surface area (Å²) < 4.78 is 0. The van der Waals surface area contributed by atoms with Gasteiger partial charge in [-0.3, -0.25) is 4.79 Å². The summed E-state index contributed by atoms with van der Waals surface area (Å²) in [6.07, 6.45) is 1.61. The lowest BCUT2D eigenvalue weighted by atomic mass is 10.1. The first kappa shape index (κ1) is 16.1. The quantitative estimate of drug-likeness (QED) is 0.657. The third-order valence-corrected chi connectivity index (χ3v) is 4.12. The smallest absolute Gasteiger partial charge is 0.222 e. The molecule has 1 heterocycles. The standard InChI is InChI=1S/C19H22N4O/c20-19(22-17-9-2-1-3-10-17)21-13-15-7-4-5-8-16(15)14-23-12-6-11-18(23)24/h1-5,7-10H,6,11-14H2,(H3,20,21,22). The third-order valence-electron chi connectivity index (χ3n) is 4.12. The number of benzene rings is 2. The largest absolute Gasteiger partial charge is 0.370 e. The van der Waals surface area contributed by atoms with Crippen molar-refractivity contribution >= 4 is 17.6 Å². The monoisotopic (exact) mass is 322 g/mol. The Bertz CT molecular complexity index is 727. The molecule has 1 saturated heterocycles. The highest BCUT2D eigenvalue weighted by Crippen LogP contribution is 2.18. The maximum atomic E-state index is 11.8. The molecule has 1 aliphatic rings. The van der Waals surface area contributed by atoms with Gasteiger partial charge in [0.25, 0.3) is 0 Å². The van der Waals surface area contributed by atoms with Crippen molar-refractivity contribution in [2.24, 2.45) is 10.7 Å². The van der Waals surface area contributed by atoms with Crippen LogP contribution < -0.4 is 11.1 Å². The number of guanidine groups is 1. The van der Waals surface area contributed by atoms with Crippen LogP contribution in [0.1, 0.15) is 24.0 Å². The van der Waals surface area contributed by atoms with Crippen LogP contribution in [0.25, 0.3) is 0 Å². The van der Waals surface area contributed by atoms with Crippen LogP contribution in [0.2, 0.25) is 0 Å². The molecule has 0 aromatic heterocycles. The number of carbonyl (C=O) groups excluding carboxylic acids is 1. The minimum Gasteiger partial charge on any atom is -0.370 e. The van der Waals surface area contributed by atoms with Crippen LogP contribution in [0.5, 0.6) is 0 Å². The van der Waals surface area contributed by atoms with Gasteiger partial charge >= 0.3 is 0 Å². The summed E-state index contributed by atoms with van der Waals surface area (Å²) in [6.45, 7) is 1.98. The van der Waals surface area contributed by atoms with Crippen LogP contribution in [0, 0.1) is 0 Å². The number of hydrogen-bond donors (Lipinski definition) is 2. The number of anilines is 1. The number of likely N-dealkylation sites (tertiary alicyclic amines) is 1. The van der Waals surface area contributed by atoms with Gasteiger partial charge in [0.1, 0.15) is 0 Å². The van der Waals surface area contributed by atoms with Crippen LogP contribution in [0.4, 0.5) is 5.69 Å². The van der Waals surface area contributed by atoms with Gasteiger partial charge in [-0.25, -0.2) is 4.99 Å². The summed E-state index contributed by atoms with van der Waals surface area (Å²) in [5, 5.41) is 3.08. The van der Waals surface area contributed by atoms with Crippen molar-refractivity contribution in [2.75, 3.05) is 11.9 Å². The highest BCUT2D eigenvalue weighted by molar-refractivity contribution is 5.92. The van der Waals surface area contributed by atoms with Crippen molar-refractivity contribution in [3.8, 4) is 0 Å². The normalized spacial score (nSPS) is 14.9. The molecule has 5 heteroatoms. The molecule has 0 spiro atoms. The van der Waals surface area contributed by atoms with E-state index < -0.39 is 0 Å². The number of aliphatic imine (C=N–C) groups is 1. The Morgan fingerprint density at radius 3 is 2.50 bits per heavy atom. The Kier molecular flexibility index (Phi) is 5.11. The molecule has 3 rings (SSSR count). The molecule has 5 nitrogen and oxygen atoms in total. The fourth-order valence-electron chi connectivity index (χ4n) is 2.82. The van der Waals surface area contributed by atoms with E-state index in [9.17, 15) is 4.79 Å². The average molecular weight is 322 g/mol. The van der Waals surface area contributed by atoms with E-state index in [1.165, 1.54) is 0 Å². The fourth-order valence-corrected chi connectivity index (χ4v) is 2.82. The van der Waals surface area contributed by atoms with E-state index in [-0.39, 0.29) is 5.91 Å². The minimum atomic E-state index is 0.235. The Morgan fingerprint density at radius 1 is 1.08 bits per heavy atom. The number of carbonyl (C=O) groups is 1. The fraction of sp³-hybridized carbons (Fsp3) is 0.263. The van der Waals surface area contributed by atoms with Crippen molar-refractivity contribution in [1.29, 1.82) is 0 Å². The maximum absolute atomic E-state index is 11.8. The Balaban J connectivity index is 1.66. The number of hydrogen-bond acceptors (Lipinski definition) is 2. The average Bonchev–Trinajstić information content (AvgIpc) is 3.00. The molecule has 0 radical (unpaired) electrons. The van der Waals surface area contributed by atoms with Gasteiger partial charge in [0.2, 0.25) is 5.91 Å². The van der Waals surface area contributed by atoms with E-state index in [0.29, 0.717) is 25.5 Å². The van der Waals surface area contributed by atoms with Crippen LogP contribution in [0.3, 0.4) is 0 Å². The van der Waals surface area contributed by atoms with Crippen LogP contribution in [0.15, 0.2) is 59.6 Å². The van der Waals surface area contributed by atoms with Gasteiger partial charge in [-0.05, 0) is 29.7 Å².